The molecule has 0 aliphatic heterocycles. The van der Waals surface area contributed by atoms with Crippen LogP contribution in [0.15, 0.2) is 59.3 Å². The molecule has 1 unspecified atom stereocenters. The molecule has 0 aliphatic rings. The molecule has 4 heteroatoms. The Hall–Kier alpha value is -1.78. The number of rotatable bonds is 4. The number of nitrogens with zero attached hydrogens (tertiary/aromatic N) is 2. The molecule has 2 aromatic carbocycles. The topological polar surface area (TPSA) is 37.8 Å². The number of aromatic nitrogens is 2. The number of hydrogen-bond donors (Lipinski definition) is 1. The van der Waals surface area contributed by atoms with E-state index in [-0.39, 0.29) is 6.04 Å². The maximum absolute atomic E-state index is 4.38. The molecule has 3 aromatic rings. The molecular weight excluding hydrogens is 326 g/mol. The van der Waals surface area contributed by atoms with Crippen LogP contribution >= 0.6 is 15.9 Å². The van der Waals surface area contributed by atoms with Gasteiger partial charge in [-0.3, -0.25) is 9.97 Å². The SMILES string of the molecule is CNC(Cc1cccc(Br)c1)c1ccc2nccnc2c1. The molecular formula is C17H16BrN3. The van der Waals surface area contributed by atoms with E-state index in [9.17, 15) is 0 Å². The van der Waals surface area contributed by atoms with Crippen LogP contribution in [0.25, 0.3) is 11.0 Å². The van der Waals surface area contributed by atoms with E-state index >= 15 is 0 Å². The molecule has 1 heterocycles. The minimum Gasteiger partial charge on any atom is -0.313 e. The third kappa shape index (κ3) is 3.28. The quantitative estimate of drug-likeness (QED) is 0.782. The highest BCUT2D eigenvalue weighted by atomic mass is 79.9. The van der Waals surface area contributed by atoms with E-state index in [1.54, 1.807) is 12.4 Å². The Balaban J connectivity index is 1.90. The maximum Gasteiger partial charge on any atom is 0.0890 e. The highest BCUT2D eigenvalue weighted by Crippen LogP contribution is 2.22. The van der Waals surface area contributed by atoms with Crippen LogP contribution in [0.2, 0.25) is 0 Å². The van der Waals surface area contributed by atoms with Gasteiger partial charge in [0.05, 0.1) is 11.0 Å². The first-order valence-corrected chi connectivity index (χ1v) is 7.68. The van der Waals surface area contributed by atoms with Crippen molar-refractivity contribution in [3.63, 3.8) is 0 Å². The van der Waals surface area contributed by atoms with E-state index in [1.165, 1.54) is 11.1 Å². The van der Waals surface area contributed by atoms with Crippen LogP contribution in [0.3, 0.4) is 0 Å². The Bertz CT molecular complexity index is 758. The first-order chi connectivity index (χ1) is 10.3. The zero-order chi connectivity index (χ0) is 14.7. The number of likely N-dealkylation sites (N-methyl/N-ethyl adjacent to an activating group) is 1. The van der Waals surface area contributed by atoms with Crippen LogP contribution in [-0.4, -0.2) is 17.0 Å². The number of fused-ring (bicyclic) bond motifs is 1. The van der Waals surface area contributed by atoms with Gasteiger partial charge in [-0.15, -0.1) is 0 Å². The van der Waals surface area contributed by atoms with Crippen LogP contribution in [0.5, 0.6) is 0 Å². The van der Waals surface area contributed by atoms with E-state index in [2.05, 4.69) is 61.5 Å². The summed E-state index contributed by atoms with van der Waals surface area (Å²) in [6, 6.07) is 14.9. The van der Waals surface area contributed by atoms with Gasteiger partial charge in [-0.05, 0) is 48.9 Å². The lowest BCUT2D eigenvalue weighted by atomic mass is 9.98. The highest BCUT2D eigenvalue weighted by molar-refractivity contribution is 9.10. The molecule has 0 spiro atoms. The molecule has 3 nitrogen and oxygen atoms in total. The monoisotopic (exact) mass is 341 g/mol. The van der Waals surface area contributed by atoms with Crippen LogP contribution in [-0.2, 0) is 6.42 Å². The molecule has 0 amide bonds. The first kappa shape index (κ1) is 14.2. The molecule has 0 aliphatic carbocycles. The van der Waals surface area contributed by atoms with E-state index < -0.39 is 0 Å². The van der Waals surface area contributed by atoms with Crippen molar-refractivity contribution in [2.45, 2.75) is 12.5 Å². The van der Waals surface area contributed by atoms with Gasteiger partial charge in [-0.25, -0.2) is 0 Å². The lowest BCUT2D eigenvalue weighted by molar-refractivity contribution is 0.592. The van der Waals surface area contributed by atoms with Crippen LogP contribution in [0.1, 0.15) is 17.2 Å². The van der Waals surface area contributed by atoms with Gasteiger partial charge >= 0.3 is 0 Å². The second kappa shape index (κ2) is 6.33. The lowest BCUT2D eigenvalue weighted by Gasteiger charge is -2.17. The van der Waals surface area contributed by atoms with Crippen molar-refractivity contribution < 1.29 is 0 Å². The first-order valence-electron chi connectivity index (χ1n) is 6.88. The minimum atomic E-state index is 0.255. The van der Waals surface area contributed by atoms with Crippen molar-refractivity contribution in [2.75, 3.05) is 7.05 Å². The van der Waals surface area contributed by atoms with Crippen LogP contribution in [0, 0.1) is 0 Å². The Kier molecular flexibility index (Phi) is 4.27. The summed E-state index contributed by atoms with van der Waals surface area (Å²) in [7, 11) is 1.99. The Morgan fingerprint density at radius 2 is 1.86 bits per heavy atom. The molecule has 3 rings (SSSR count). The molecule has 0 bridgehead atoms. The third-order valence-corrected chi connectivity index (χ3v) is 4.07. The highest BCUT2D eigenvalue weighted by Gasteiger charge is 2.11. The van der Waals surface area contributed by atoms with Gasteiger partial charge in [0.1, 0.15) is 0 Å². The normalized spacial score (nSPS) is 12.5. The van der Waals surface area contributed by atoms with Crippen LogP contribution < -0.4 is 5.32 Å². The zero-order valence-electron chi connectivity index (χ0n) is 11.8. The average molecular weight is 342 g/mol. The van der Waals surface area contributed by atoms with E-state index in [0.29, 0.717) is 0 Å². The van der Waals surface area contributed by atoms with Crippen molar-refractivity contribution in [1.29, 1.82) is 0 Å². The second-order valence-electron chi connectivity index (χ2n) is 4.98. The molecule has 0 saturated heterocycles. The fourth-order valence-electron chi connectivity index (χ4n) is 2.48. The fourth-order valence-corrected chi connectivity index (χ4v) is 2.93. The number of hydrogen-bond acceptors (Lipinski definition) is 3. The fraction of sp³-hybridized carbons (Fsp3) is 0.176. The van der Waals surface area contributed by atoms with Crippen LogP contribution in [0.4, 0.5) is 0 Å². The summed E-state index contributed by atoms with van der Waals surface area (Å²) in [5.41, 5.74) is 4.39. The lowest BCUT2D eigenvalue weighted by Crippen LogP contribution is -2.18. The Morgan fingerprint density at radius 3 is 2.62 bits per heavy atom. The van der Waals surface area contributed by atoms with E-state index in [4.69, 9.17) is 0 Å². The molecule has 106 valence electrons. The Labute approximate surface area is 132 Å². The van der Waals surface area contributed by atoms with Gasteiger partial charge in [0.15, 0.2) is 0 Å². The molecule has 0 saturated carbocycles. The molecule has 1 aromatic heterocycles. The number of benzene rings is 2. The summed E-state index contributed by atoms with van der Waals surface area (Å²) in [6.07, 6.45) is 4.38. The summed E-state index contributed by atoms with van der Waals surface area (Å²) >= 11 is 3.52. The summed E-state index contributed by atoms with van der Waals surface area (Å²) in [5.74, 6) is 0. The second-order valence-corrected chi connectivity index (χ2v) is 5.90. The van der Waals surface area contributed by atoms with Gasteiger partial charge in [0.2, 0.25) is 0 Å². The predicted molar refractivity (Wildman–Crippen MR) is 89.2 cm³/mol. The summed E-state index contributed by atoms with van der Waals surface area (Å²) in [5, 5.41) is 3.39. The molecule has 1 N–H and O–H groups in total. The van der Waals surface area contributed by atoms with Crippen molar-refractivity contribution in [1.82, 2.24) is 15.3 Å². The maximum atomic E-state index is 4.38. The predicted octanol–water partition coefficient (Wildman–Crippen LogP) is 3.90. The standard InChI is InChI=1S/C17H16BrN3/c1-19-16(10-12-3-2-4-14(18)9-12)13-5-6-15-17(11-13)21-8-7-20-15/h2-9,11,16,19H,10H2,1H3. The summed E-state index contributed by atoms with van der Waals surface area (Å²) in [6.45, 7) is 0. The van der Waals surface area contributed by atoms with Crippen molar-refractivity contribution in [2.24, 2.45) is 0 Å². The smallest absolute Gasteiger partial charge is 0.0890 e. The average Bonchev–Trinajstić information content (AvgIpc) is 2.52. The summed E-state index contributed by atoms with van der Waals surface area (Å²) in [4.78, 5) is 8.70. The zero-order valence-corrected chi connectivity index (χ0v) is 13.3. The molecule has 21 heavy (non-hydrogen) atoms. The van der Waals surface area contributed by atoms with Crippen molar-refractivity contribution in [3.8, 4) is 0 Å². The number of nitrogens with one attached hydrogen (secondary N) is 1. The van der Waals surface area contributed by atoms with Crippen molar-refractivity contribution in [3.05, 3.63) is 70.5 Å². The third-order valence-electron chi connectivity index (χ3n) is 3.57. The molecule has 0 radical (unpaired) electrons. The van der Waals surface area contributed by atoms with E-state index in [0.717, 1.165) is 21.9 Å². The van der Waals surface area contributed by atoms with Crippen molar-refractivity contribution >= 4 is 27.0 Å². The van der Waals surface area contributed by atoms with Gasteiger partial charge in [-0.2, -0.15) is 0 Å². The van der Waals surface area contributed by atoms with Gasteiger partial charge in [0, 0.05) is 22.9 Å². The minimum absolute atomic E-state index is 0.255. The molecule has 1 atom stereocenters. The molecule has 0 fully saturated rings. The van der Waals surface area contributed by atoms with Gasteiger partial charge in [0.25, 0.3) is 0 Å². The van der Waals surface area contributed by atoms with E-state index in [1.807, 2.05) is 19.2 Å². The van der Waals surface area contributed by atoms with Gasteiger partial charge in [-0.1, -0.05) is 34.1 Å². The van der Waals surface area contributed by atoms with Gasteiger partial charge < -0.3 is 5.32 Å². The summed E-state index contributed by atoms with van der Waals surface area (Å²) < 4.78 is 1.11. The Morgan fingerprint density at radius 1 is 1.05 bits per heavy atom. The largest absolute Gasteiger partial charge is 0.313 e. The number of halogens is 1.